The summed E-state index contributed by atoms with van der Waals surface area (Å²) in [7, 11) is 2.15. The standard InChI is InChI=1S/C16H25N3O2/c1-4-21-16(20)13-6-7-15(14(17)10-13)19-9-5-8-18(3)11-12(19)2/h6-7,10,12H,4-5,8-9,11,17H2,1-3H3. The number of likely N-dealkylation sites (N-methyl/N-ethyl adjacent to an activating group) is 1. The first-order chi connectivity index (χ1) is 10.0. The highest BCUT2D eigenvalue weighted by Gasteiger charge is 2.22. The number of ether oxygens (including phenoxy) is 1. The van der Waals surface area contributed by atoms with Crippen LogP contribution >= 0.6 is 0 Å². The van der Waals surface area contributed by atoms with Crippen molar-refractivity contribution in [1.29, 1.82) is 0 Å². The molecule has 1 aromatic carbocycles. The molecule has 1 unspecified atom stereocenters. The molecule has 1 saturated heterocycles. The first-order valence-corrected chi connectivity index (χ1v) is 7.54. The van der Waals surface area contributed by atoms with Crippen molar-refractivity contribution >= 4 is 17.3 Å². The molecular weight excluding hydrogens is 266 g/mol. The van der Waals surface area contributed by atoms with Crippen molar-refractivity contribution < 1.29 is 9.53 Å². The number of hydrogen-bond donors (Lipinski definition) is 1. The van der Waals surface area contributed by atoms with E-state index in [9.17, 15) is 4.79 Å². The predicted molar refractivity (Wildman–Crippen MR) is 85.7 cm³/mol. The molecule has 0 spiro atoms. The largest absolute Gasteiger partial charge is 0.462 e. The van der Waals surface area contributed by atoms with Crippen LogP contribution in [0.2, 0.25) is 0 Å². The molecule has 0 radical (unpaired) electrons. The third kappa shape index (κ3) is 3.67. The van der Waals surface area contributed by atoms with E-state index < -0.39 is 0 Å². The van der Waals surface area contributed by atoms with Gasteiger partial charge >= 0.3 is 5.97 Å². The minimum Gasteiger partial charge on any atom is -0.462 e. The van der Waals surface area contributed by atoms with Gasteiger partial charge in [-0.05, 0) is 52.1 Å². The van der Waals surface area contributed by atoms with Crippen LogP contribution in [0.1, 0.15) is 30.6 Å². The zero-order valence-corrected chi connectivity index (χ0v) is 13.1. The zero-order chi connectivity index (χ0) is 15.4. The summed E-state index contributed by atoms with van der Waals surface area (Å²) in [6.07, 6.45) is 1.11. The monoisotopic (exact) mass is 291 g/mol. The fraction of sp³-hybridized carbons (Fsp3) is 0.562. The summed E-state index contributed by atoms with van der Waals surface area (Å²) in [5.74, 6) is -0.320. The van der Waals surface area contributed by atoms with E-state index in [1.54, 1.807) is 19.1 Å². The van der Waals surface area contributed by atoms with Gasteiger partial charge in [0.05, 0.1) is 23.5 Å². The summed E-state index contributed by atoms with van der Waals surface area (Å²) in [5.41, 5.74) is 8.32. The second-order valence-corrected chi connectivity index (χ2v) is 5.65. The normalized spacial score (nSPS) is 20.1. The molecule has 0 aliphatic carbocycles. The number of nitrogen functional groups attached to an aromatic ring is 1. The Hall–Kier alpha value is -1.75. The maximum atomic E-state index is 11.7. The topological polar surface area (TPSA) is 58.8 Å². The van der Waals surface area contributed by atoms with Gasteiger partial charge in [-0.25, -0.2) is 4.79 Å². The lowest BCUT2D eigenvalue weighted by atomic mass is 10.1. The minimum absolute atomic E-state index is 0.320. The number of rotatable bonds is 3. The molecule has 0 amide bonds. The number of nitrogens with zero attached hydrogens (tertiary/aromatic N) is 2. The maximum absolute atomic E-state index is 11.7. The molecule has 2 rings (SSSR count). The summed E-state index contributed by atoms with van der Waals surface area (Å²) in [4.78, 5) is 16.4. The van der Waals surface area contributed by atoms with Gasteiger partial charge in [-0.15, -0.1) is 0 Å². The lowest BCUT2D eigenvalue weighted by Gasteiger charge is -2.31. The van der Waals surface area contributed by atoms with Crippen LogP contribution in [0.4, 0.5) is 11.4 Å². The summed E-state index contributed by atoms with van der Waals surface area (Å²) in [6, 6.07) is 5.84. The van der Waals surface area contributed by atoms with Gasteiger partial charge in [-0.1, -0.05) is 0 Å². The van der Waals surface area contributed by atoms with Crippen molar-refractivity contribution in [2.45, 2.75) is 26.3 Å². The van der Waals surface area contributed by atoms with Crippen LogP contribution in [0, 0.1) is 0 Å². The highest BCUT2D eigenvalue weighted by molar-refractivity contribution is 5.92. The predicted octanol–water partition coefficient (Wildman–Crippen LogP) is 1.98. The summed E-state index contributed by atoms with van der Waals surface area (Å²) in [5, 5.41) is 0. The van der Waals surface area contributed by atoms with Crippen LogP contribution in [0.3, 0.4) is 0 Å². The Kier molecular flexibility index (Phi) is 5.07. The molecule has 1 aliphatic heterocycles. The molecule has 1 aliphatic rings. The maximum Gasteiger partial charge on any atom is 0.338 e. The summed E-state index contributed by atoms with van der Waals surface area (Å²) >= 11 is 0. The van der Waals surface area contributed by atoms with Crippen molar-refractivity contribution in [3.63, 3.8) is 0 Å². The second kappa shape index (κ2) is 6.80. The van der Waals surface area contributed by atoms with E-state index >= 15 is 0 Å². The van der Waals surface area contributed by atoms with Crippen molar-refractivity contribution in [3.05, 3.63) is 23.8 Å². The molecule has 116 valence electrons. The van der Waals surface area contributed by atoms with Crippen molar-refractivity contribution in [1.82, 2.24) is 4.90 Å². The van der Waals surface area contributed by atoms with E-state index in [2.05, 4.69) is 23.8 Å². The van der Waals surface area contributed by atoms with Gasteiger partial charge < -0.3 is 20.3 Å². The SMILES string of the molecule is CCOC(=O)c1ccc(N2CCCN(C)CC2C)c(N)c1. The van der Waals surface area contributed by atoms with E-state index in [-0.39, 0.29) is 5.97 Å². The van der Waals surface area contributed by atoms with Crippen molar-refractivity contribution in [2.24, 2.45) is 0 Å². The fourth-order valence-corrected chi connectivity index (χ4v) is 2.89. The molecule has 5 nitrogen and oxygen atoms in total. The van der Waals surface area contributed by atoms with Gasteiger partial charge in [-0.2, -0.15) is 0 Å². The Bertz CT molecular complexity index is 504. The van der Waals surface area contributed by atoms with Crippen LogP contribution in [0.5, 0.6) is 0 Å². The van der Waals surface area contributed by atoms with E-state index in [1.165, 1.54) is 0 Å². The molecule has 21 heavy (non-hydrogen) atoms. The number of anilines is 2. The Morgan fingerprint density at radius 1 is 1.43 bits per heavy atom. The Morgan fingerprint density at radius 2 is 2.19 bits per heavy atom. The minimum atomic E-state index is -0.320. The molecular formula is C16H25N3O2. The van der Waals surface area contributed by atoms with Crippen LogP contribution in [0.15, 0.2) is 18.2 Å². The van der Waals surface area contributed by atoms with E-state index in [0.29, 0.717) is 23.9 Å². The Morgan fingerprint density at radius 3 is 2.86 bits per heavy atom. The van der Waals surface area contributed by atoms with Gasteiger partial charge in [0, 0.05) is 19.1 Å². The van der Waals surface area contributed by atoms with Crippen LogP contribution in [-0.4, -0.2) is 50.2 Å². The third-order valence-electron chi connectivity index (χ3n) is 3.89. The summed E-state index contributed by atoms with van der Waals surface area (Å²) < 4.78 is 5.01. The fourth-order valence-electron chi connectivity index (χ4n) is 2.89. The number of carbonyl (C=O) groups is 1. The molecule has 0 bridgehead atoms. The number of esters is 1. The highest BCUT2D eigenvalue weighted by atomic mass is 16.5. The van der Waals surface area contributed by atoms with E-state index in [4.69, 9.17) is 10.5 Å². The molecule has 0 saturated carbocycles. The van der Waals surface area contributed by atoms with Gasteiger partial charge in [0.2, 0.25) is 0 Å². The van der Waals surface area contributed by atoms with Crippen molar-refractivity contribution in [2.75, 3.05) is 43.9 Å². The van der Waals surface area contributed by atoms with Gasteiger partial charge in [0.1, 0.15) is 0 Å². The lowest BCUT2D eigenvalue weighted by molar-refractivity contribution is 0.0526. The molecule has 5 heteroatoms. The van der Waals surface area contributed by atoms with Gasteiger partial charge in [-0.3, -0.25) is 0 Å². The van der Waals surface area contributed by atoms with Crippen LogP contribution in [-0.2, 0) is 4.74 Å². The zero-order valence-electron chi connectivity index (χ0n) is 13.1. The molecule has 2 N–H and O–H groups in total. The molecule has 1 atom stereocenters. The molecule has 0 aromatic heterocycles. The van der Waals surface area contributed by atoms with E-state index in [1.807, 2.05) is 6.07 Å². The Labute approximate surface area is 126 Å². The summed E-state index contributed by atoms with van der Waals surface area (Å²) in [6.45, 7) is 7.47. The van der Waals surface area contributed by atoms with Crippen LogP contribution in [0.25, 0.3) is 0 Å². The number of nitrogens with two attached hydrogens (primary N) is 1. The Balaban J connectivity index is 2.21. The molecule has 1 heterocycles. The first kappa shape index (κ1) is 15.6. The third-order valence-corrected chi connectivity index (χ3v) is 3.89. The first-order valence-electron chi connectivity index (χ1n) is 7.54. The quantitative estimate of drug-likeness (QED) is 0.681. The average Bonchev–Trinajstić information content (AvgIpc) is 2.60. The van der Waals surface area contributed by atoms with Gasteiger partial charge in [0.15, 0.2) is 0 Å². The smallest absolute Gasteiger partial charge is 0.338 e. The van der Waals surface area contributed by atoms with E-state index in [0.717, 1.165) is 31.7 Å². The van der Waals surface area contributed by atoms with Crippen LogP contribution < -0.4 is 10.6 Å². The average molecular weight is 291 g/mol. The number of hydrogen-bond acceptors (Lipinski definition) is 5. The van der Waals surface area contributed by atoms with Gasteiger partial charge in [0.25, 0.3) is 0 Å². The number of carbonyl (C=O) groups excluding carboxylic acids is 1. The molecule has 1 fully saturated rings. The second-order valence-electron chi connectivity index (χ2n) is 5.65. The number of benzene rings is 1. The highest BCUT2D eigenvalue weighted by Crippen LogP contribution is 2.28. The van der Waals surface area contributed by atoms with Crippen molar-refractivity contribution in [3.8, 4) is 0 Å². The lowest BCUT2D eigenvalue weighted by Crippen LogP contribution is -2.38. The molecule has 1 aromatic rings.